The molecule has 2 unspecified atom stereocenters. The first-order valence-corrected chi connectivity index (χ1v) is 13.6. The molecule has 2 atom stereocenters. The summed E-state index contributed by atoms with van der Waals surface area (Å²) in [6.07, 6.45) is -5.40. The molecule has 0 saturated carbocycles. The van der Waals surface area contributed by atoms with Gasteiger partial charge in [-0.05, 0) is 65.7 Å². The minimum atomic E-state index is -3.26. The highest BCUT2D eigenvalue weighted by atomic mass is 35.5. The van der Waals surface area contributed by atoms with Crippen LogP contribution in [0.3, 0.4) is 0 Å². The van der Waals surface area contributed by atoms with Gasteiger partial charge in [-0.15, -0.1) is 0 Å². The molecule has 0 spiro atoms. The van der Waals surface area contributed by atoms with E-state index in [1.165, 1.54) is 19.1 Å². The Morgan fingerprint density at radius 2 is 1.69 bits per heavy atom. The largest absolute Gasteiger partial charge is 0.479 e. The number of aromatic nitrogens is 2. The smallest absolute Gasteiger partial charge is 0.397 e. The molecule has 0 fully saturated rings. The normalized spacial score (nSPS) is 12.9. The zero-order chi connectivity index (χ0) is 30.4. The Bertz CT molecular complexity index is 1520. The van der Waals surface area contributed by atoms with Gasteiger partial charge in [0.2, 0.25) is 0 Å². The number of carbonyl (C=O) groups excluding carboxylic acids is 1. The van der Waals surface area contributed by atoms with Gasteiger partial charge >= 0.3 is 12.1 Å². The number of amides is 1. The number of carboxylic acids is 1. The fourth-order valence-electron chi connectivity index (χ4n) is 4.17. The highest BCUT2D eigenvalue weighted by molar-refractivity contribution is 6.30. The van der Waals surface area contributed by atoms with E-state index in [9.17, 15) is 23.5 Å². The highest BCUT2D eigenvalue weighted by Gasteiger charge is 2.28. The topological polar surface area (TPSA) is 114 Å². The summed E-state index contributed by atoms with van der Waals surface area (Å²) in [6, 6.07) is 22.5. The Kier molecular flexibility index (Phi) is 9.59. The molecule has 1 heterocycles. The van der Waals surface area contributed by atoms with Crippen LogP contribution in [0.1, 0.15) is 53.4 Å². The molecule has 0 aliphatic carbocycles. The summed E-state index contributed by atoms with van der Waals surface area (Å²) in [5.41, 5.74) is 4.44. The van der Waals surface area contributed by atoms with E-state index >= 15 is 0 Å². The number of nitrogens with one attached hydrogen (secondary N) is 1. The average molecular weight is 598 g/mol. The number of nitrogens with zero attached hydrogens (tertiary/aromatic N) is 2. The van der Waals surface area contributed by atoms with Gasteiger partial charge in [-0.1, -0.05) is 49.7 Å². The minimum Gasteiger partial charge on any atom is -0.479 e. The molecule has 1 aromatic heterocycles. The molecule has 0 aliphatic heterocycles. The van der Waals surface area contributed by atoms with Crippen molar-refractivity contribution < 1.29 is 33.3 Å². The van der Waals surface area contributed by atoms with Gasteiger partial charge < -0.3 is 20.3 Å². The maximum Gasteiger partial charge on any atom is 0.397 e. The van der Waals surface area contributed by atoms with E-state index in [0.29, 0.717) is 17.1 Å². The first-order chi connectivity index (χ1) is 20.0. The summed E-state index contributed by atoms with van der Waals surface area (Å²) < 4.78 is 34.1. The molecule has 0 radical (unpaired) electrons. The lowest BCUT2D eigenvalue weighted by Crippen LogP contribution is -2.36. The third-order valence-electron chi connectivity index (χ3n) is 6.73. The summed E-state index contributed by atoms with van der Waals surface area (Å²) in [7, 11) is 0. The van der Waals surface area contributed by atoms with Gasteiger partial charge in [-0.3, -0.25) is 9.48 Å². The van der Waals surface area contributed by atoms with Crippen molar-refractivity contribution in [3.8, 4) is 17.0 Å². The van der Waals surface area contributed by atoms with Gasteiger partial charge in [-0.25, -0.2) is 4.79 Å². The number of carbonyl (C=O) groups is 2. The molecule has 42 heavy (non-hydrogen) atoms. The molecule has 4 aromatic rings. The highest BCUT2D eigenvalue weighted by Crippen LogP contribution is 2.31. The fraction of sp³-hybridized carbons (Fsp3) is 0.258. The van der Waals surface area contributed by atoms with Crippen molar-refractivity contribution in [3.05, 3.63) is 106 Å². The number of benzene rings is 3. The lowest BCUT2D eigenvalue weighted by atomic mass is 9.97. The Hall–Kier alpha value is -4.28. The molecule has 0 aliphatic rings. The van der Waals surface area contributed by atoms with Crippen molar-refractivity contribution >= 4 is 23.5 Å². The zero-order valence-electron chi connectivity index (χ0n) is 22.9. The number of rotatable bonds is 12. The van der Waals surface area contributed by atoms with Crippen LogP contribution in [-0.4, -0.2) is 50.6 Å². The number of carboxylic acid groups (broad SMARTS) is 1. The van der Waals surface area contributed by atoms with Crippen LogP contribution in [0.2, 0.25) is 5.02 Å². The number of aliphatic carboxylic acids is 1. The summed E-state index contributed by atoms with van der Waals surface area (Å²) in [6.45, 7) is 3.30. The van der Waals surface area contributed by atoms with Crippen LogP contribution in [0.5, 0.6) is 5.75 Å². The molecule has 4 rings (SSSR count). The van der Waals surface area contributed by atoms with Gasteiger partial charge in [0.25, 0.3) is 5.91 Å². The van der Waals surface area contributed by atoms with Crippen molar-refractivity contribution in [2.45, 2.75) is 44.9 Å². The van der Waals surface area contributed by atoms with Gasteiger partial charge in [0.05, 0.1) is 24.5 Å². The summed E-state index contributed by atoms with van der Waals surface area (Å²) >= 11 is 6.06. The van der Waals surface area contributed by atoms with Crippen LogP contribution in [0.15, 0.2) is 78.9 Å². The van der Waals surface area contributed by atoms with Gasteiger partial charge in [0.15, 0.2) is 6.10 Å². The number of aliphatic hydroxyl groups excluding tert-OH is 1. The lowest BCUT2D eigenvalue weighted by molar-refractivity contribution is -0.177. The second-order valence-corrected chi connectivity index (χ2v) is 10.2. The zero-order valence-corrected chi connectivity index (χ0v) is 23.7. The van der Waals surface area contributed by atoms with Crippen molar-refractivity contribution in [1.29, 1.82) is 0 Å². The van der Waals surface area contributed by atoms with Gasteiger partial charge in [0.1, 0.15) is 5.75 Å². The van der Waals surface area contributed by atoms with Crippen LogP contribution in [0, 0.1) is 0 Å². The van der Waals surface area contributed by atoms with E-state index < -0.39 is 37.1 Å². The standard InChI is InChI=1S/C31H30ClF2N3O5/c1-3-31(33,34)42-25-14-10-22(11-15-25)27-16-26(19(2)21-8-12-24(32)13-9-21)36-37(27)18-20-4-6-23(7-5-20)29(39)35-17-28(38)30(40)41/h4-16,19,28,38H,3,17-18H2,1-2H3,(H,35,39)(H,40,41). The average Bonchev–Trinajstić information content (AvgIpc) is 3.39. The number of hydrogen-bond acceptors (Lipinski definition) is 5. The number of ether oxygens (including phenoxy) is 1. The van der Waals surface area contributed by atoms with E-state index in [0.717, 1.165) is 28.1 Å². The third-order valence-corrected chi connectivity index (χ3v) is 6.98. The summed E-state index contributed by atoms with van der Waals surface area (Å²) in [4.78, 5) is 23.1. The molecule has 1 amide bonds. The molecule has 0 bridgehead atoms. The first-order valence-electron chi connectivity index (χ1n) is 13.2. The first kappa shape index (κ1) is 30.7. The molecule has 0 saturated heterocycles. The summed E-state index contributed by atoms with van der Waals surface area (Å²) in [5.74, 6) is -1.96. The Labute approximate surface area is 246 Å². The maximum absolute atomic E-state index is 13.7. The number of aliphatic hydroxyl groups is 1. The molecular weight excluding hydrogens is 568 g/mol. The van der Waals surface area contributed by atoms with E-state index in [4.69, 9.17) is 26.5 Å². The van der Waals surface area contributed by atoms with Crippen LogP contribution < -0.4 is 10.1 Å². The molecule has 220 valence electrons. The van der Waals surface area contributed by atoms with Gasteiger partial charge in [-0.2, -0.15) is 13.9 Å². The molecule has 3 N–H and O–H groups in total. The Morgan fingerprint density at radius 1 is 1.05 bits per heavy atom. The maximum atomic E-state index is 13.7. The SMILES string of the molecule is CCC(F)(F)Oc1ccc(-c2cc(C(C)c3ccc(Cl)cc3)nn2Cc2ccc(C(=O)NCC(O)C(=O)O)cc2)cc1. The van der Waals surface area contributed by atoms with Crippen LogP contribution in [-0.2, 0) is 11.3 Å². The third kappa shape index (κ3) is 7.71. The Balaban J connectivity index is 1.60. The number of halogens is 3. The number of hydrogen-bond donors (Lipinski definition) is 3. The fourth-order valence-corrected chi connectivity index (χ4v) is 4.30. The van der Waals surface area contributed by atoms with Crippen LogP contribution in [0.25, 0.3) is 11.3 Å². The van der Waals surface area contributed by atoms with Gasteiger partial charge in [0, 0.05) is 28.5 Å². The lowest BCUT2D eigenvalue weighted by Gasteiger charge is -2.16. The second kappa shape index (κ2) is 13.1. The Morgan fingerprint density at radius 3 is 2.29 bits per heavy atom. The van der Waals surface area contributed by atoms with Crippen LogP contribution in [0.4, 0.5) is 8.78 Å². The number of alkyl halides is 2. The van der Waals surface area contributed by atoms with E-state index in [-0.39, 0.29) is 11.7 Å². The predicted molar refractivity (Wildman–Crippen MR) is 154 cm³/mol. The minimum absolute atomic E-state index is 0.0520. The van der Waals surface area contributed by atoms with E-state index in [1.54, 1.807) is 41.1 Å². The van der Waals surface area contributed by atoms with E-state index in [2.05, 4.69) is 5.32 Å². The van der Waals surface area contributed by atoms with Crippen molar-refractivity contribution in [2.75, 3.05) is 6.54 Å². The van der Waals surface area contributed by atoms with Crippen molar-refractivity contribution in [1.82, 2.24) is 15.1 Å². The quantitative estimate of drug-likeness (QED) is 0.186. The van der Waals surface area contributed by atoms with Crippen LogP contribution >= 0.6 is 11.6 Å². The predicted octanol–water partition coefficient (Wildman–Crippen LogP) is 5.96. The summed E-state index contributed by atoms with van der Waals surface area (Å²) in [5, 5.41) is 26.0. The van der Waals surface area contributed by atoms with Crippen molar-refractivity contribution in [3.63, 3.8) is 0 Å². The van der Waals surface area contributed by atoms with Crippen molar-refractivity contribution in [2.24, 2.45) is 0 Å². The second-order valence-electron chi connectivity index (χ2n) is 9.76. The molecule has 8 nitrogen and oxygen atoms in total. The monoisotopic (exact) mass is 597 g/mol. The van der Waals surface area contributed by atoms with E-state index in [1.807, 2.05) is 37.3 Å². The molecular formula is C31H30ClF2N3O5. The molecule has 11 heteroatoms. The molecule has 3 aromatic carbocycles.